The zero-order chi connectivity index (χ0) is 13.6. The van der Waals surface area contributed by atoms with Crippen LogP contribution in [0.15, 0.2) is 23.2 Å². The Bertz CT molecular complexity index is 693. The Hall–Kier alpha value is -1.82. The number of anilines is 2. The number of hydrogen-bond donors (Lipinski definition) is 2. The smallest absolute Gasteiger partial charge is 0.187 e. The number of nitrogens with two attached hydrogens (primary N) is 2. The van der Waals surface area contributed by atoms with Crippen molar-refractivity contribution < 1.29 is 0 Å². The molecule has 0 aliphatic carbocycles. The SMILES string of the molecule is CC1(C)CSC(c2nc(N)c3cc(N)ccc3n2)=N1. The van der Waals surface area contributed by atoms with Crippen LogP contribution in [0.25, 0.3) is 10.9 Å². The van der Waals surface area contributed by atoms with Crippen LogP contribution in [0.4, 0.5) is 11.5 Å². The second-order valence-electron chi connectivity index (χ2n) is 5.23. The molecule has 1 aliphatic rings. The molecule has 0 fully saturated rings. The first-order valence-electron chi connectivity index (χ1n) is 6.00. The van der Waals surface area contributed by atoms with Crippen molar-refractivity contribution >= 4 is 39.2 Å². The van der Waals surface area contributed by atoms with Gasteiger partial charge in [0.05, 0.1) is 11.1 Å². The van der Waals surface area contributed by atoms with Gasteiger partial charge < -0.3 is 11.5 Å². The topological polar surface area (TPSA) is 90.2 Å². The number of nitrogens with zero attached hydrogens (tertiary/aromatic N) is 3. The molecule has 0 saturated carbocycles. The molecule has 0 unspecified atom stereocenters. The van der Waals surface area contributed by atoms with Gasteiger partial charge >= 0.3 is 0 Å². The molecule has 5 nitrogen and oxygen atoms in total. The predicted molar refractivity (Wildman–Crippen MR) is 81.4 cm³/mol. The van der Waals surface area contributed by atoms with E-state index in [1.807, 2.05) is 12.1 Å². The summed E-state index contributed by atoms with van der Waals surface area (Å²) in [6, 6.07) is 5.46. The van der Waals surface area contributed by atoms with Gasteiger partial charge in [-0.3, -0.25) is 4.99 Å². The average Bonchev–Trinajstić information content (AvgIpc) is 2.70. The Morgan fingerprint density at radius 1 is 1.21 bits per heavy atom. The predicted octanol–water partition coefficient (Wildman–Crippen LogP) is 2.07. The van der Waals surface area contributed by atoms with E-state index in [2.05, 4.69) is 28.8 Å². The molecule has 6 heteroatoms. The summed E-state index contributed by atoms with van der Waals surface area (Å²) in [6.45, 7) is 4.19. The van der Waals surface area contributed by atoms with E-state index in [1.165, 1.54) is 0 Å². The lowest BCUT2D eigenvalue weighted by Crippen LogP contribution is -2.15. The van der Waals surface area contributed by atoms with E-state index < -0.39 is 0 Å². The molecule has 3 rings (SSSR count). The standard InChI is InChI=1S/C13H15N5S/c1-13(2)6-19-12(18-13)11-16-9-4-3-7(14)5-8(9)10(15)17-11/h3-5H,6,14H2,1-2H3,(H2,15,16,17). The average molecular weight is 273 g/mol. The summed E-state index contributed by atoms with van der Waals surface area (Å²) in [5.41, 5.74) is 13.1. The van der Waals surface area contributed by atoms with Gasteiger partial charge in [0.25, 0.3) is 0 Å². The summed E-state index contributed by atoms with van der Waals surface area (Å²) in [4.78, 5) is 13.5. The minimum Gasteiger partial charge on any atom is -0.399 e. The Labute approximate surface area is 115 Å². The fourth-order valence-electron chi connectivity index (χ4n) is 1.96. The molecule has 0 atom stereocenters. The molecule has 1 aromatic heterocycles. The monoisotopic (exact) mass is 273 g/mol. The van der Waals surface area contributed by atoms with Crippen LogP contribution in [0, 0.1) is 0 Å². The van der Waals surface area contributed by atoms with Crippen molar-refractivity contribution in [1.29, 1.82) is 0 Å². The maximum Gasteiger partial charge on any atom is 0.187 e. The molecule has 1 aliphatic heterocycles. The van der Waals surface area contributed by atoms with Gasteiger partial charge in [0.2, 0.25) is 0 Å². The van der Waals surface area contributed by atoms with Crippen molar-refractivity contribution in [3.05, 3.63) is 24.0 Å². The Kier molecular flexibility index (Phi) is 2.63. The van der Waals surface area contributed by atoms with Crippen LogP contribution in [0.3, 0.4) is 0 Å². The third-order valence-corrected chi connectivity index (χ3v) is 4.30. The van der Waals surface area contributed by atoms with Crippen molar-refractivity contribution in [2.75, 3.05) is 17.2 Å². The third-order valence-electron chi connectivity index (χ3n) is 2.91. The molecular formula is C13H15N5S. The fraction of sp³-hybridized carbons (Fsp3) is 0.308. The molecule has 0 spiro atoms. The van der Waals surface area contributed by atoms with Gasteiger partial charge in [-0.1, -0.05) is 0 Å². The summed E-state index contributed by atoms with van der Waals surface area (Å²) in [7, 11) is 0. The first kappa shape index (κ1) is 12.2. The third kappa shape index (κ3) is 2.23. The molecule has 19 heavy (non-hydrogen) atoms. The Morgan fingerprint density at radius 2 is 2.00 bits per heavy atom. The van der Waals surface area contributed by atoms with Crippen LogP contribution in [0.2, 0.25) is 0 Å². The van der Waals surface area contributed by atoms with E-state index in [0.29, 0.717) is 17.3 Å². The largest absolute Gasteiger partial charge is 0.399 e. The molecule has 1 aromatic carbocycles. The number of benzene rings is 1. The summed E-state index contributed by atoms with van der Waals surface area (Å²) in [6.07, 6.45) is 0. The van der Waals surface area contributed by atoms with Gasteiger partial charge in [-0.2, -0.15) is 0 Å². The van der Waals surface area contributed by atoms with E-state index in [0.717, 1.165) is 21.7 Å². The number of nitrogen functional groups attached to an aromatic ring is 2. The lowest BCUT2D eigenvalue weighted by Gasteiger charge is -2.09. The number of rotatable bonds is 1. The van der Waals surface area contributed by atoms with E-state index in [4.69, 9.17) is 11.5 Å². The fourth-order valence-corrected chi connectivity index (χ4v) is 3.05. The molecular weight excluding hydrogens is 258 g/mol. The normalized spacial score (nSPS) is 17.7. The molecule has 0 saturated heterocycles. The maximum absolute atomic E-state index is 5.99. The minimum atomic E-state index is -0.0613. The number of aromatic nitrogens is 2. The Balaban J connectivity index is 2.15. The van der Waals surface area contributed by atoms with Gasteiger partial charge in [-0.15, -0.1) is 11.8 Å². The summed E-state index contributed by atoms with van der Waals surface area (Å²) in [5.74, 6) is 1.98. The van der Waals surface area contributed by atoms with E-state index >= 15 is 0 Å². The van der Waals surface area contributed by atoms with Crippen molar-refractivity contribution in [1.82, 2.24) is 9.97 Å². The first-order chi connectivity index (χ1) is 8.94. The second-order valence-corrected chi connectivity index (χ2v) is 6.19. The molecule has 2 aromatic rings. The zero-order valence-corrected chi connectivity index (χ0v) is 11.7. The highest BCUT2D eigenvalue weighted by Gasteiger charge is 2.27. The van der Waals surface area contributed by atoms with Crippen LogP contribution in [0.1, 0.15) is 19.7 Å². The lowest BCUT2D eigenvalue weighted by atomic mass is 10.1. The number of fused-ring (bicyclic) bond motifs is 1. The highest BCUT2D eigenvalue weighted by Crippen LogP contribution is 2.30. The van der Waals surface area contributed by atoms with Gasteiger partial charge in [0.15, 0.2) is 5.82 Å². The zero-order valence-electron chi connectivity index (χ0n) is 10.8. The first-order valence-corrected chi connectivity index (χ1v) is 6.99. The highest BCUT2D eigenvalue weighted by atomic mass is 32.2. The van der Waals surface area contributed by atoms with Crippen molar-refractivity contribution in [3.8, 4) is 0 Å². The van der Waals surface area contributed by atoms with Crippen LogP contribution in [0.5, 0.6) is 0 Å². The van der Waals surface area contributed by atoms with Crippen LogP contribution in [-0.4, -0.2) is 26.3 Å². The van der Waals surface area contributed by atoms with E-state index in [-0.39, 0.29) is 5.54 Å². The molecule has 2 heterocycles. The highest BCUT2D eigenvalue weighted by molar-refractivity contribution is 8.14. The summed E-state index contributed by atoms with van der Waals surface area (Å²) >= 11 is 1.67. The van der Waals surface area contributed by atoms with Crippen molar-refractivity contribution in [2.24, 2.45) is 4.99 Å². The molecule has 0 bridgehead atoms. The van der Waals surface area contributed by atoms with Gasteiger partial charge in [0, 0.05) is 16.8 Å². The maximum atomic E-state index is 5.99. The van der Waals surface area contributed by atoms with Crippen LogP contribution in [-0.2, 0) is 0 Å². The van der Waals surface area contributed by atoms with Crippen molar-refractivity contribution in [2.45, 2.75) is 19.4 Å². The molecule has 98 valence electrons. The molecule has 0 amide bonds. The van der Waals surface area contributed by atoms with Crippen LogP contribution >= 0.6 is 11.8 Å². The second kappa shape index (κ2) is 4.09. The lowest BCUT2D eigenvalue weighted by molar-refractivity contribution is 0.605. The number of thioether (sulfide) groups is 1. The van der Waals surface area contributed by atoms with Gasteiger partial charge in [0.1, 0.15) is 10.9 Å². The van der Waals surface area contributed by atoms with E-state index in [1.54, 1.807) is 17.8 Å². The van der Waals surface area contributed by atoms with Crippen LogP contribution < -0.4 is 11.5 Å². The van der Waals surface area contributed by atoms with Gasteiger partial charge in [-0.05, 0) is 32.0 Å². The summed E-state index contributed by atoms with van der Waals surface area (Å²) < 4.78 is 0. The van der Waals surface area contributed by atoms with Gasteiger partial charge in [-0.25, -0.2) is 9.97 Å². The Morgan fingerprint density at radius 3 is 2.68 bits per heavy atom. The minimum absolute atomic E-state index is 0.0613. The molecule has 0 radical (unpaired) electrons. The number of hydrogen-bond acceptors (Lipinski definition) is 6. The molecule has 4 N–H and O–H groups in total. The quantitative estimate of drug-likeness (QED) is 0.776. The summed E-state index contributed by atoms with van der Waals surface area (Å²) in [5, 5.41) is 1.64. The number of aliphatic imine (C=N–C) groups is 1. The van der Waals surface area contributed by atoms with Crippen molar-refractivity contribution in [3.63, 3.8) is 0 Å². The van der Waals surface area contributed by atoms with E-state index in [9.17, 15) is 0 Å².